The number of cyclic esters (lactones) is 1. The van der Waals surface area contributed by atoms with E-state index in [2.05, 4.69) is 9.47 Å². The van der Waals surface area contributed by atoms with E-state index in [9.17, 15) is 13.2 Å². The van der Waals surface area contributed by atoms with Crippen molar-refractivity contribution in [1.82, 2.24) is 0 Å². The van der Waals surface area contributed by atoms with E-state index >= 15 is 0 Å². The number of rotatable bonds is 1. The molecule has 0 fully saturated rings. The Balaban J connectivity index is 2.50. The van der Waals surface area contributed by atoms with Crippen LogP contribution in [0.15, 0.2) is 23.1 Å². The van der Waals surface area contributed by atoms with Gasteiger partial charge in [0.25, 0.3) is 9.05 Å². The molecule has 1 aromatic carbocycles. The summed E-state index contributed by atoms with van der Waals surface area (Å²) in [4.78, 5) is 10.6. The second-order valence-corrected chi connectivity index (χ2v) is 5.41. The first kappa shape index (κ1) is 10.3. The first-order valence-corrected chi connectivity index (χ1v) is 6.20. The number of fused-ring (bicyclic) bond motifs is 1. The highest BCUT2D eigenvalue weighted by Gasteiger charge is 2.21. The molecule has 0 atom stereocenters. The van der Waals surface area contributed by atoms with Crippen molar-refractivity contribution in [2.24, 2.45) is 0 Å². The molecule has 0 amide bonds. The second kappa shape index (κ2) is 3.39. The molecule has 0 saturated heterocycles. The predicted octanol–water partition coefficient (Wildman–Crippen LogP) is 1.64. The third kappa shape index (κ3) is 2.05. The van der Waals surface area contributed by atoms with Gasteiger partial charge in [-0.25, -0.2) is 13.2 Å². The minimum absolute atomic E-state index is 0.0662. The maximum atomic E-state index is 11.0. The van der Waals surface area contributed by atoms with E-state index in [1.54, 1.807) is 0 Å². The van der Waals surface area contributed by atoms with E-state index < -0.39 is 15.2 Å². The van der Waals surface area contributed by atoms with E-state index in [0.29, 0.717) is 5.56 Å². The van der Waals surface area contributed by atoms with Gasteiger partial charge in [0.1, 0.15) is 12.4 Å². The van der Waals surface area contributed by atoms with Crippen LogP contribution in [0.2, 0.25) is 0 Å². The molecular weight excluding hydrogens is 244 g/mol. The molecule has 0 spiro atoms. The van der Waals surface area contributed by atoms with Crippen LogP contribution in [0.1, 0.15) is 5.56 Å². The summed E-state index contributed by atoms with van der Waals surface area (Å²) >= 11 is 0. The number of halogens is 1. The number of hydrogen-bond donors (Lipinski definition) is 0. The van der Waals surface area contributed by atoms with Crippen LogP contribution in [-0.2, 0) is 20.4 Å². The number of hydrogen-bond acceptors (Lipinski definition) is 5. The molecule has 1 aliphatic rings. The zero-order valence-corrected chi connectivity index (χ0v) is 8.84. The molecule has 0 unspecified atom stereocenters. The molecule has 0 N–H and O–H groups in total. The lowest BCUT2D eigenvalue weighted by Gasteiger charge is -2.15. The summed E-state index contributed by atoms with van der Waals surface area (Å²) in [5.74, 6) is 0.160. The minimum atomic E-state index is -3.81. The fourth-order valence-corrected chi connectivity index (χ4v) is 1.92. The Morgan fingerprint density at radius 1 is 1.33 bits per heavy atom. The van der Waals surface area contributed by atoms with E-state index in [-0.39, 0.29) is 17.3 Å². The molecule has 80 valence electrons. The van der Waals surface area contributed by atoms with Crippen molar-refractivity contribution in [3.05, 3.63) is 23.8 Å². The lowest BCUT2D eigenvalue weighted by molar-refractivity contribution is 0.0783. The number of carbonyl (C=O) groups is 1. The summed E-state index contributed by atoms with van der Waals surface area (Å²) in [5, 5.41) is 0. The topological polar surface area (TPSA) is 69.7 Å². The first-order valence-electron chi connectivity index (χ1n) is 3.89. The number of ether oxygens (including phenoxy) is 2. The maximum Gasteiger partial charge on any atom is 0.514 e. The molecule has 0 saturated carbocycles. The summed E-state index contributed by atoms with van der Waals surface area (Å²) in [7, 11) is 1.32. The normalized spacial score (nSPS) is 15.1. The highest BCUT2D eigenvalue weighted by atomic mass is 35.7. The van der Waals surface area contributed by atoms with Gasteiger partial charge in [0.05, 0.1) is 4.90 Å². The average Bonchev–Trinajstić information content (AvgIpc) is 2.15. The minimum Gasteiger partial charge on any atom is -0.429 e. The molecule has 1 aliphatic heterocycles. The van der Waals surface area contributed by atoms with Crippen LogP contribution in [0.3, 0.4) is 0 Å². The van der Waals surface area contributed by atoms with Crippen molar-refractivity contribution in [3.8, 4) is 5.75 Å². The lowest BCUT2D eigenvalue weighted by atomic mass is 10.2. The predicted molar refractivity (Wildman–Crippen MR) is 50.3 cm³/mol. The lowest BCUT2D eigenvalue weighted by Crippen LogP contribution is -2.17. The fourth-order valence-electron chi connectivity index (χ4n) is 1.16. The third-order valence-electron chi connectivity index (χ3n) is 1.86. The van der Waals surface area contributed by atoms with Crippen LogP contribution < -0.4 is 4.74 Å². The third-order valence-corrected chi connectivity index (χ3v) is 3.21. The molecule has 0 bridgehead atoms. The van der Waals surface area contributed by atoms with Gasteiger partial charge in [0, 0.05) is 22.3 Å². The van der Waals surface area contributed by atoms with Crippen LogP contribution in [0.25, 0.3) is 0 Å². The zero-order chi connectivity index (χ0) is 11.1. The van der Waals surface area contributed by atoms with Gasteiger partial charge < -0.3 is 9.47 Å². The Labute approximate surface area is 90.0 Å². The molecule has 15 heavy (non-hydrogen) atoms. The van der Waals surface area contributed by atoms with Crippen LogP contribution in [-0.4, -0.2) is 14.6 Å². The maximum absolute atomic E-state index is 11.0. The van der Waals surface area contributed by atoms with Gasteiger partial charge in [-0.15, -0.1) is 0 Å². The SMILES string of the molecule is O=C1OCc2ccc(S(=O)(=O)Cl)cc2O1. The van der Waals surface area contributed by atoms with Crippen LogP contribution >= 0.6 is 10.7 Å². The molecule has 7 heteroatoms. The molecular formula is C8H5ClO5S. The Kier molecular flexibility index (Phi) is 2.32. The molecule has 1 aromatic rings. The highest BCUT2D eigenvalue weighted by Crippen LogP contribution is 2.28. The summed E-state index contributed by atoms with van der Waals surface area (Å²) in [5.41, 5.74) is 0.596. The van der Waals surface area contributed by atoms with Crippen molar-refractivity contribution in [2.45, 2.75) is 11.5 Å². The first-order chi connectivity index (χ1) is 6.97. The zero-order valence-electron chi connectivity index (χ0n) is 7.27. The van der Waals surface area contributed by atoms with Crippen molar-refractivity contribution in [2.75, 3.05) is 0 Å². The largest absolute Gasteiger partial charge is 0.514 e. The van der Waals surface area contributed by atoms with Gasteiger partial charge in [-0.1, -0.05) is 6.07 Å². The van der Waals surface area contributed by atoms with Gasteiger partial charge in [0.15, 0.2) is 0 Å². The molecule has 0 aromatic heterocycles. The summed E-state index contributed by atoms with van der Waals surface area (Å²) < 4.78 is 31.3. The number of benzene rings is 1. The van der Waals surface area contributed by atoms with Gasteiger partial charge in [0.2, 0.25) is 0 Å². The monoisotopic (exact) mass is 248 g/mol. The molecule has 1 heterocycles. The van der Waals surface area contributed by atoms with Crippen molar-refractivity contribution < 1.29 is 22.7 Å². The van der Waals surface area contributed by atoms with Gasteiger partial charge in [-0.2, -0.15) is 0 Å². The fraction of sp³-hybridized carbons (Fsp3) is 0.125. The van der Waals surface area contributed by atoms with Gasteiger partial charge >= 0.3 is 6.16 Å². The van der Waals surface area contributed by atoms with Crippen LogP contribution in [0.5, 0.6) is 5.75 Å². The highest BCUT2D eigenvalue weighted by molar-refractivity contribution is 8.13. The summed E-state index contributed by atoms with van der Waals surface area (Å²) in [6.45, 7) is 0.0662. The van der Waals surface area contributed by atoms with Crippen LogP contribution in [0, 0.1) is 0 Å². The number of carbonyl (C=O) groups excluding carboxylic acids is 1. The van der Waals surface area contributed by atoms with Gasteiger partial charge in [-0.05, 0) is 6.07 Å². The molecule has 0 radical (unpaired) electrons. The van der Waals surface area contributed by atoms with E-state index in [0.717, 1.165) is 0 Å². The van der Waals surface area contributed by atoms with E-state index in [4.69, 9.17) is 10.7 Å². The smallest absolute Gasteiger partial charge is 0.429 e. The Hall–Kier alpha value is -1.27. The van der Waals surface area contributed by atoms with Crippen molar-refractivity contribution in [1.29, 1.82) is 0 Å². The Morgan fingerprint density at radius 2 is 2.07 bits per heavy atom. The van der Waals surface area contributed by atoms with Crippen molar-refractivity contribution in [3.63, 3.8) is 0 Å². The van der Waals surface area contributed by atoms with Gasteiger partial charge in [-0.3, -0.25) is 0 Å². The molecule has 0 aliphatic carbocycles. The molecule has 2 rings (SSSR count). The Bertz CT molecular complexity index is 522. The van der Waals surface area contributed by atoms with E-state index in [1.165, 1.54) is 18.2 Å². The summed E-state index contributed by atoms with van der Waals surface area (Å²) in [6.07, 6.45) is -0.855. The second-order valence-electron chi connectivity index (χ2n) is 2.85. The summed E-state index contributed by atoms with van der Waals surface area (Å²) in [6, 6.07) is 4.00. The van der Waals surface area contributed by atoms with Crippen molar-refractivity contribution >= 4 is 25.9 Å². The quantitative estimate of drug-likeness (QED) is 0.429. The molecule has 5 nitrogen and oxygen atoms in total. The van der Waals surface area contributed by atoms with Crippen LogP contribution in [0.4, 0.5) is 4.79 Å². The average molecular weight is 249 g/mol. The Morgan fingerprint density at radius 3 is 2.73 bits per heavy atom. The van der Waals surface area contributed by atoms with E-state index in [1.807, 2.05) is 0 Å². The standard InChI is InChI=1S/C8H5ClO5S/c9-15(11,12)6-2-1-5-4-13-8(10)14-7(5)3-6/h1-3H,4H2.